The summed E-state index contributed by atoms with van der Waals surface area (Å²) in [5.74, 6) is 0.755. The Morgan fingerprint density at radius 3 is 2.58 bits per heavy atom. The summed E-state index contributed by atoms with van der Waals surface area (Å²) in [7, 11) is 1.60. The van der Waals surface area contributed by atoms with Gasteiger partial charge in [0.1, 0.15) is 5.75 Å². The van der Waals surface area contributed by atoms with Crippen LogP contribution in [0.25, 0.3) is 5.57 Å². The van der Waals surface area contributed by atoms with Crippen molar-refractivity contribution >= 4 is 21.5 Å². The topological polar surface area (TPSA) is 18.5 Å². The van der Waals surface area contributed by atoms with Crippen molar-refractivity contribution in [2.75, 3.05) is 13.9 Å². The lowest BCUT2D eigenvalue weighted by Crippen LogP contribution is -2.01. The molecular formula is C16H15BrO2. The predicted octanol–water partition coefficient (Wildman–Crippen LogP) is 4.49. The molecule has 0 bridgehead atoms. The van der Waals surface area contributed by atoms with Gasteiger partial charge < -0.3 is 9.47 Å². The lowest BCUT2D eigenvalue weighted by Gasteiger charge is -2.13. The molecule has 0 saturated carbocycles. The van der Waals surface area contributed by atoms with Gasteiger partial charge in [0.2, 0.25) is 0 Å². The maximum absolute atomic E-state index is 5.60. The lowest BCUT2D eigenvalue weighted by molar-refractivity contribution is 0.0509. The molecule has 2 aromatic rings. The number of hydrogen-bond donors (Lipinski definition) is 0. The monoisotopic (exact) mass is 318 g/mol. The third-order valence-corrected chi connectivity index (χ3v) is 3.22. The standard InChI is InChI=1S/C16H15BrO2/c1-12(13-6-4-3-5-7-13)15-9-8-14(17)10-16(15)19-11-18-2/h3-10H,1,11H2,2H3. The third-order valence-electron chi connectivity index (χ3n) is 2.72. The SMILES string of the molecule is C=C(c1ccccc1)c1ccc(Br)cc1OCOC. The second-order valence-electron chi connectivity index (χ2n) is 4.04. The van der Waals surface area contributed by atoms with Crippen LogP contribution in [0.15, 0.2) is 59.6 Å². The zero-order valence-electron chi connectivity index (χ0n) is 10.7. The molecule has 0 N–H and O–H groups in total. The highest BCUT2D eigenvalue weighted by molar-refractivity contribution is 9.10. The molecule has 0 spiro atoms. The van der Waals surface area contributed by atoms with Crippen LogP contribution in [0.5, 0.6) is 5.75 Å². The quantitative estimate of drug-likeness (QED) is 0.756. The van der Waals surface area contributed by atoms with Gasteiger partial charge in [-0.15, -0.1) is 0 Å². The van der Waals surface area contributed by atoms with Crippen molar-refractivity contribution in [3.8, 4) is 5.75 Å². The minimum absolute atomic E-state index is 0.214. The van der Waals surface area contributed by atoms with Crippen molar-refractivity contribution in [3.05, 3.63) is 70.7 Å². The molecule has 0 aliphatic heterocycles. The maximum atomic E-state index is 5.60. The average molecular weight is 319 g/mol. The summed E-state index contributed by atoms with van der Waals surface area (Å²) in [5.41, 5.74) is 2.97. The first-order chi connectivity index (χ1) is 9.22. The Hall–Kier alpha value is -1.58. The van der Waals surface area contributed by atoms with E-state index in [0.29, 0.717) is 0 Å². The molecule has 0 radical (unpaired) electrons. The van der Waals surface area contributed by atoms with Crippen LogP contribution < -0.4 is 4.74 Å². The van der Waals surface area contributed by atoms with E-state index in [1.807, 2.05) is 48.5 Å². The fourth-order valence-electron chi connectivity index (χ4n) is 1.78. The summed E-state index contributed by atoms with van der Waals surface area (Å²) in [6, 6.07) is 15.9. The van der Waals surface area contributed by atoms with E-state index in [2.05, 4.69) is 22.5 Å². The van der Waals surface area contributed by atoms with Crippen LogP contribution in [0.4, 0.5) is 0 Å². The molecule has 0 fully saturated rings. The number of halogens is 1. The highest BCUT2D eigenvalue weighted by Crippen LogP contribution is 2.32. The van der Waals surface area contributed by atoms with Crippen LogP contribution >= 0.6 is 15.9 Å². The second-order valence-corrected chi connectivity index (χ2v) is 4.95. The minimum Gasteiger partial charge on any atom is -0.467 e. The molecule has 19 heavy (non-hydrogen) atoms. The number of benzene rings is 2. The fraction of sp³-hybridized carbons (Fsp3) is 0.125. The molecule has 0 aliphatic rings. The maximum Gasteiger partial charge on any atom is 0.188 e. The molecular weight excluding hydrogens is 304 g/mol. The van der Waals surface area contributed by atoms with E-state index >= 15 is 0 Å². The van der Waals surface area contributed by atoms with Gasteiger partial charge in [0, 0.05) is 17.1 Å². The van der Waals surface area contributed by atoms with Crippen LogP contribution in [-0.4, -0.2) is 13.9 Å². The smallest absolute Gasteiger partial charge is 0.188 e. The predicted molar refractivity (Wildman–Crippen MR) is 81.2 cm³/mol. The van der Waals surface area contributed by atoms with E-state index in [9.17, 15) is 0 Å². The van der Waals surface area contributed by atoms with Gasteiger partial charge in [-0.25, -0.2) is 0 Å². The zero-order valence-corrected chi connectivity index (χ0v) is 12.3. The Labute approximate surface area is 121 Å². The van der Waals surface area contributed by atoms with Crippen molar-refractivity contribution in [1.82, 2.24) is 0 Å². The molecule has 0 unspecified atom stereocenters. The molecule has 0 saturated heterocycles. The summed E-state index contributed by atoms with van der Waals surface area (Å²) in [6.07, 6.45) is 0. The third kappa shape index (κ3) is 3.46. The van der Waals surface area contributed by atoms with E-state index in [1.54, 1.807) is 7.11 Å². The van der Waals surface area contributed by atoms with Crippen LogP contribution in [0, 0.1) is 0 Å². The van der Waals surface area contributed by atoms with Crippen molar-refractivity contribution in [1.29, 1.82) is 0 Å². The zero-order chi connectivity index (χ0) is 13.7. The molecule has 2 aromatic carbocycles. The van der Waals surface area contributed by atoms with E-state index < -0.39 is 0 Å². The van der Waals surface area contributed by atoms with E-state index in [1.165, 1.54) is 0 Å². The van der Waals surface area contributed by atoms with Gasteiger partial charge in [-0.2, -0.15) is 0 Å². The van der Waals surface area contributed by atoms with Crippen molar-refractivity contribution in [2.45, 2.75) is 0 Å². The number of hydrogen-bond acceptors (Lipinski definition) is 2. The summed E-state index contributed by atoms with van der Waals surface area (Å²) in [6.45, 7) is 4.37. The van der Waals surface area contributed by atoms with Gasteiger partial charge in [-0.3, -0.25) is 0 Å². The first-order valence-electron chi connectivity index (χ1n) is 5.88. The van der Waals surface area contributed by atoms with Gasteiger partial charge in [0.25, 0.3) is 0 Å². The Morgan fingerprint density at radius 1 is 1.16 bits per heavy atom. The molecule has 2 rings (SSSR count). The summed E-state index contributed by atoms with van der Waals surface area (Å²) in [4.78, 5) is 0. The Kier molecular flexibility index (Phi) is 4.77. The molecule has 0 heterocycles. The van der Waals surface area contributed by atoms with Crippen LogP contribution in [-0.2, 0) is 4.74 Å². The number of rotatable bonds is 5. The van der Waals surface area contributed by atoms with Crippen molar-refractivity contribution in [2.24, 2.45) is 0 Å². The first kappa shape index (κ1) is 13.8. The Bertz CT molecular complexity index is 564. The second kappa shape index (κ2) is 6.55. The largest absolute Gasteiger partial charge is 0.467 e. The average Bonchev–Trinajstić information content (AvgIpc) is 2.45. The Morgan fingerprint density at radius 2 is 1.89 bits per heavy atom. The Balaban J connectivity index is 2.36. The van der Waals surface area contributed by atoms with Gasteiger partial charge in [-0.1, -0.05) is 52.8 Å². The molecule has 2 nitrogen and oxygen atoms in total. The normalized spacial score (nSPS) is 10.2. The summed E-state index contributed by atoms with van der Waals surface area (Å²) >= 11 is 3.44. The van der Waals surface area contributed by atoms with E-state index in [0.717, 1.165) is 26.9 Å². The number of ether oxygens (including phenoxy) is 2. The van der Waals surface area contributed by atoms with Crippen molar-refractivity contribution in [3.63, 3.8) is 0 Å². The minimum atomic E-state index is 0.214. The number of methoxy groups -OCH3 is 1. The molecule has 3 heteroatoms. The van der Waals surface area contributed by atoms with Gasteiger partial charge in [-0.05, 0) is 29.3 Å². The highest BCUT2D eigenvalue weighted by atomic mass is 79.9. The van der Waals surface area contributed by atoms with Crippen molar-refractivity contribution < 1.29 is 9.47 Å². The highest BCUT2D eigenvalue weighted by Gasteiger charge is 2.09. The van der Waals surface area contributed by atoms with Gasteiger partial charge in [0.15, 0.2) is 6.79 Å². The first-order valence-corrected chi connectivity index (χ1v) is 6.67. The van der Waals surface area contributed by atoms with Gasteiger partial charge in [0.05, 0.1) is 0 Å². The van der Waals surface area contributed by atoms with Crippen LogP contribution in [0.1, 0.15) is 11.1 Å². The summed E-state index contributed by atoms with van der Waals surface area (Å²) in [5, 5.41) is 0. The molecule has 0 aliphatic carbocycles. The molecule has 0 atom stereocenters. The molecule has 0 amide bonds. The molecule has 98 valence electrons. The fourth-order valence-corrected chi connectivity index (χ4v) is 2.12. The van der Waals surface area contributed by atoms with E-state index in [4.69, 9.17) is 9.47 Å². The van der Waals surface area contributed by atoms with Crippen LogP contribution in [0.3, 0.4) is 0 Å². The van der Waals surface area contributed by atoms with E-state index in [-0.39, 0.29) is 6.79 Å². The van der Waals surface area contributed by atoms with Gasteiger partial charge >= 0.3 is 0 Å². The van der Waals surface area contributed by atoms with Crippen LogP contribution in [0.2, 0.25) is 0 Å². The molecule has 0 aromatic heterocycles. The lowest BCUT2D eigenvalue weighted by atomic mass is 9.99. The summed E-state index contributed by atoms with van der Waals surface area (Å²) < 4.78 is 11.5.